The molecule has 0 aliphatic carbocycles. The summed E-state index contributed by atoms with van der Waals surface area (Å²) in [4.78, 5) is 28.2. The van der Waals surface area contributed by atoms with Gasteiger partial charge in [-0.15, -0.1) is 0 Å². The maximum Gasteiger partial charge on any atom is 0.244 e. The van der Waals surface area contributed by atoms with Gasteiger partial charge in [0.1, 0.15) is 12.6 Å². The summed E-state index contributed by atoms with van der Waals surface area (Å²) in [6.45, 7) is 8.84. The summed E-state index contributed by atoms with van der Waals surface area (Å²) >= 11 is 12.2. The first-order valence-electron chi connectivity index (χ1n) is 11.2. The van der Waals surface area contributed by atoms with Crippen LogP contribution in [0.5, 0.6) is 0 Å². The number of benzene rings is 2. The Kier molecular flexibility index (Phi) is 9.62. The van der Waals surface area contributed by atoms with Crippen molar-refractivity contribution >= 4 is 50.7 Å². The normalized spacial score (nSPS) is 12.7. The highest BCUT2D eigenvalue weighted by molar-refractivity contribution is 7.92. The minimum Gasteiger partial charge on any atom is -0.350 e. The van der Waals surface area contributed by atoms with Crippen molar-refractivity contribution in [3.8, 4) is 0 Å². The van der Waals surface area contributed by atoms with E-state index in [4.69, 9.17) is 23.2 Å². The molecule has 10 heteroatoms. The van der Waals surface area contributed by atoms with Crippen molar-refractivity contribution in [1.82, 2.24) is 10.2 Å². The van der Waals surface area contributed by atoms with Crippen LogP contribution in [0.3, 0.4) is 0 Å². The van der Waals surface area contributed by atoms with Crippen molar-refractivity contribution in [1.29, 1.82) is 0 Å². The van der Waals surface area contributed by atoms with Crippen LogP contribution in [0.4, 0.5) is 5.69 Å². The van der Waals surface area contributed by atoms with Crippen LogP contribution in [0, 0.1) is 6.92 Å². The zero-order valence-electron chi connectivity index (χ0n) is 20.9. The lowest BCUT2D eigenvalue weighted by Gasteiger charge is -2.34. The zero-order chi connectivity index (χ0) is 26.6. The molecule has 0 radical (unpaired) electrons. The third kappa shape index (κ3) is 8.40. The molecule has 192 valence electrons. The van der Waals surface area contributed by atoms with E-state index in [0.29, 0.717) is 27.7 Å². The number of halogens is 2. The molecule has 0 aliphatic heterocycles. The Hall–Kier alpha value is -2.29. The Morgan fingerprint density at radius 3 is 2.11 bits per heavy atom. The van der Waals surface area contributed by atoms with Crippen molar-refractivity contribution in [3.05, 3.63) is 63.6 Å². The Bertz CT molecular complexity index is 1160. The second kappa shape index (κ2) is 11.6. The van der Waals surface area contributed by atoms with Crippen molar-refractivity contribution in [2.75, 3.05) is 17.1 Å². The largest absolute Gasteiger partial charge is 0.350 e. The summed E-state index contributed by atoms with van der Waals surface area (Å²) in [5.41, 5.74) is 1.48. The Morgan fingerprint density at radius 2 is 1.63 bits per heavy atom. The predicted molar refractivity (Wildman–Crippen MR) is 142 cm³/mol. The average molecular weight is 543 g/mol. The van der Waals surface area contributed by atoms with Gasteiger partial charge in [-0.05, 0) is 63.9 Å². The molecule has 0 heterocycles. The number of rotatable bonds is 9. The van der Waals surface area contributed by atoms with Crippen molar-refractivity contribution < 1.29 is 18.0 Å². The monoisotopic (exact) mass is 541 g/mol. The fraction of sp³-hybridized carbons (Fsp3) is 0.440. The minimum atomic E-state index is -3.78. The van der Waals surface area contributed by atoms with Crippen LogP contribution in [0.25, 0.3) is 0 Å². The number of nitrogens with one attached hydrogen (secondary N) is 1. The summed E-state index contributed by atoms with van der Waals surface area (Å²) in [7, 11) is -3.78. The van der Waals surface area contributed by atoms with Gasteiger partial charge in [0.25, 0.3) is 0 Å². The number of nitrogens with zero attached hydrogens (tertiary/aromatic N) is 2. The van der Waals surface area contributed by atoms with Gasteiger partial charge in [-0.1, -0.05) is 53.9 Å². The van der Waals surface area contributed by atoms with Gasteiger partial charge in [0.05, 0.1) is 22.0 Å². The fourth-order valence-electron chi connectivity index (χ4n) is 3.53. The van der Waals surface area contributed by atoms with E-state index in [9.17, 15) is 18.0 Å². The van der Waals surface area contributed by atoms with Gasteiger partial charge in [-0.2, -0.15) is 0 Å². The molecule has 1 unspecified atom stereocenters. The lowest BCUT2D eigenvalue weighted by atomic mass is 10.1. The van der Waals surface area contributed by atoms with Crippen LogP contribution in [0.2, 0.25) is 10.0 Å². The maximum atomic E-state index is 13.6. The summed E-state index contributed by atoms with van der Waals surface area (Å²) in [6.07, 6.45) is 1.38. The summed E-state index contributed by atoms with van der Waals surface area (Å²) < 4.78 is 26.3. The van der Waals surface area contributed by atoms with E-state index in [-0.39, 0.29) is 12.5 Å². The lowest BCUT2D eigenvalue weighted by molar-refractivity contribution is -0.141. The zero-order valence-corrected chi connectivity index (χ0v) is 23.3. The van der Waals surface area contributed by atoms with E-state index in [1.165, 1.54) is 4.90 Å². The van der Waals surface area contributed by atoms with E-state index < -0.39 is 34.1 Å². The number of carbonyl (C=O) groups is 2. The van der Waals surface area contributed by atoms with Crippen molar-refractivity contribution in [3.63, 3.8) is 0 Å². The molecule has 0 bridgehead atoms. The summed E-state index contributed by atoms with van der Waals surface area (Å²) in [5, 5.41) is 3.61. The van der Waals surface area contributed by atoms with Gasteiger partial charge in [0.2, 0.25) is 21.8 Å². The van der Waals surface area contributed by atoms with Gasteiger partial charge in [-0.3, -0.25) is 13.9 Å². The van der Waals surface area contributed by atoms with Gasteiger partial charge >= 0.3 is 0 Å². The molecule has 1 atom stereocenters. The van der Waals surface area contributed by atoms with Crippen LogP contribution in [0.1, 0.15) is 45.2 Å². The van der Waals surface area contributed by atoms with Crippen LogP contribution in [0.15, 0.2) is 42.5 Å². The molecule has 2 aromatic carbocycles. The van der Waals surface area contributed by atoms with Crippen molar-refractivity contribution in [2.24, 2.45) is 0 Å². The van der Waals surface area contributed by atoms with Gasteiger partial charge in [0, 0.05) is 12.1 Å². The summed E-state index contributed by atoms with van der Waals surface area (Å²) in [6, 6.07) is 11.0. The molecule has 2 amide bonds. The number of sulfonamides is 1. The van der Waals surface area contributed by atoms with Crippen LogP contribution >= 0.6 is 23.2 Å². The van der Waals surface area contributed by atoms with Crippen LogP contribution in [-0.4, -0.2) is 49.5 Å². The molecular weight excluding hydrogens is 509 g/mol. The Morgan fingerprint density at radius 1 is 1.03 bits per heavy atom. The number of anilines is 1. The molecule has 0 saturated carbocycles. The van der Waals surface area contributed by atoms with Gasteiger partial charge < -0.3 is 10.2 Å². The first-order valence-corrected chi connectivity index (χ1v) is 13.8. The number of carbonyl (C=O) groups excluding carboxylic acids is 2. The molecule has 1 N–H and O–H groups in total. The molecule has 7 nitrogen and oxygen atoms in total. The van der Waals surface area contributed by atoms with E-state index in [2.05, 4.69) is 5.32 Å². The standard InChI is InChI=1S/C25H33Cl2N3O4S/c1-7-22(24(32)28-25(3,4)5)29(15-18-10-13-20(26)21(27)14-18)23(31)16-30(35(6,33)34)19-11-8-17(2)9-12-19/h8-14,22H,7,15-16H2,1-6H3,(H,28,32). The highest BCUT2D eigenvalue weighted by Gasteiger charge is 2.33. The third-order valence-electron chi connectivity index (χ3n) is 5.22. The van der Waals surface area contributed by atoms with Gasteiger partial charge in [0.15, 0.2) is 0 Å². The molecule has 0 spiro atoms. The fourth-order valence-corrected chi connectivity index (χ4v) is 4.70. The second-order valence-corrected chi connectivity index (χ2v) is 12.3. The smallest absolute Gasteiger partial charge is 0.244 e. The number of aryl methyl sites for hydroxylation is 1. The minimum absolute atomic E-state index is 0.0529. The molecule has 0 fully saturated rings. The quantitative estimate of drug-likeness (QED) is 0.494. The van der Waals surface area contributed by atoms with E-state index in [0.717, 1.165) is 16.1 Å². The molecule has 2 aromatic rings. The van der Waals surface area contributed by atoms with E-state index in [1.807, 2.05) is 27.7 Å². The number of amides is 2. The number of hydrogen-bond donors (Lipinski definition) is 1. The molecular formula is C25H33Cl2N3O4S. The van der Waals surface area contributed by atoms with Gasteiger partial charge in [-0.25, -0.2) is 8.42 Å². The Labute approximate surface area is 218 Å². The molecule has 0 aliphatic rings. The average Bonchev–Trinajstić information content (AvgIpc) is 2.73. The number of hydrogen-bond acceptors (Lipinski definition) is 4. The summed E-state index contributed by atoms with van der Waals surface area (Å²) in [5.74, 6) is -0.840. The maximum absolute atomic E-state index is 13.6. The second-order valence-electron chi connectivity index (χ2n) is 9.54. The van der Waals surface area contributed by atoms with Crippen molar-refractivity contribution in [2.45, 2.75) is 59.2 Å². The molecule has 35 heavy (non-hydrogen) atoms. The molecule has 0 saturated heterocycles. The first-order chi connectivity index (χ1) is 16.1. The topological polar surface area (TPSA) is 86.8 Å². The highest BCUT2D eigenvalue weighted by atomic mass is 35.5. The van der Waals surface area contributed by atoms with Crippen LogP contribution in [-0.2, 0) is 26.2 Å². The van der Waals surface area contributed by atoms with E-state index >= 15 is 0 Å². The van der Waals surface area contributed by atoms with E-state index in [1.54, 1.807) is 49.4 Å². The lowest BCUT2D eigenvalue weighted by Crippen LogP contribution is -2.55. The first kappa shape index (κ1) is 28.9. The highest BCUT2D eigenvalue weighted by Crippen LogP contribution is 2.25. The van der Waals surface area contributed by atoms with Crippen LogP contribution < -0.4 is 9.62 Å². The SMILES string of the molecule is CCC(C(=O)NC(C)(C)C)N(Cc1ccc(Cl)c(Cl)c1)C(=O)CN(c1ccc(C)cc1)S(C)(=O)=O. The third-order valence-corrected chi connectivity index (χ3v) is 7.10. The predicted octanol–water partition coefficient (Wildman–Crippen LogP) is 4.79. The Balaban J connectivity index is 2.47. The molecule has 0 aromatic heterocycles. The molecule has 2 rings (SSSR count).